The molecule has 3 aromatic rings. The summed E-state index contributed by atoms with van der Waals surface area (Å²) in [4.78, 5) is 27.3. The van der Waals surface area contributed by atoms with E-state index in [1.807, 2.05) is 12.1 Å². The Hall–Kier alpha value is -2.91. The number of nitrogens with zero attached hydrogens (tertiary/aromatic N) is 3. The van der Waals surface area contributed by atoms with E-state index in [4.69, 9.17) is 4.42 Å². The third-order valence-corrected chi connectivity index (χ3v) is 8.75. The van der Waals surface area contributed by atoms with Gasteiger partial charge in [0.2, 0.25) is 15.9 Å². The minimum absolute atomic E-state index is 0.0462. The van der Waals surface area contributed by atoms with Gasteiger partial charge in [0, 0.05) is 39.2 Å². The first-order valence-electron chi connectivity index (χ1n) is 11.3. The molecule has 1 saturated heterocycles. The molecule has 5 rings (SSSR count). The topological polar surface area (TPSA) is 92.8 Å². The van der Waals surface area contributed by atoms with E-state index in [0.717, 1.165) is 25.7 Å². The van der Waals surface area contributed by atoms with Crippen LogP contribution in [0.25, 0.3) is 11.1 Å². The van der Waals surface area contributed by atoms with E-state index in [2.05, 4.69) is 12.1 Å². The zero-order valence-corrected chi connectivity index (χ0v) is 19.4. The van der Waals surface area contributed by atoms with Gasteiger partial charge in [0.25, 0.3) is 0 Å². The average molecular weight is 470 g/mol. The average Bonchev–Trinajstić information content (AvgIpc) is 3.55. The number of hydrogen-bond donors (Lipinski definition) is 0. The van der Waals surface area contributed by atoms with Crippen molar-refractivity contribution in [1.82, 2.24) is 13.8 Å². The summed E-state index contributed by atoms with van der Waals surface area (Å²) in [5.41, 5.74) is 3.16. The van der Waals surface area contributed by atoms with Crippen LogP contribution in [0.5, 0.6) is 0 Å². The lowest BCUT2D eigenvalue weighted by atomic mass is 10.1. The molecule has 2 aliphatic rings. The molecule has 0 radical (unpaired) electrons. The highest BCUT2D eigenvalue weighted by Crippen LogP contribution is 2.35. The minimum Gasteiger partial charge on any atom is -0.408 e. The van der Waals surface area contributed by atoms with Gasteiger partial charge in [0.15, 0.2) is 5.58 Å². The molecule has 2 aromatic carbocycles. The number of aromatic nitrogens is 1. The maximum atomic E-state index is 12.9. The molecule has 0 bridgehead atoms. The van der Waals surface area contributed by atoms with Crippen LogP contribution >= 0.6 is 0 Å². The van der Waals surface area contributed by atoms with Crippen LogP contribution in [0.4, 0.5) is 0 Å². The van der Waals surface area contributed by atoms with Gasteiger partial charge in [0.05, 0.1) is 16.5 Å². The summed E-state index contributed by atoms with van der Waals surface area (Å²) in [6.07, 6.45) is 3.69. The normalized spacial score (nSPS) is 18.6. The Morgan fingerprint density at radius 1 is 1.15 bits per heavy atom. The number of amides is 1. The van der Waals surface area contributed by atoms with Gasteiger partial charge in [-0.15, -0.1) is 0 Å². The zero-order valence-electron chi connectivity index (χ0n) is 18.6. The predicted molar refractivity (Wildman–Crippen MR) is 123 cm³/mol. The van der Waals surface area contributed by atoms with Crippen molar-refractivity contribution in [3.8, 4) is 0 Å². The molecule has 1 aliphatic heterocycles. The quantitative estimate of drug-likeness (QED) is 0.554. The van der Waals surface area contributed by atoms with E-state index < -0.39 is 15.8 Å². The van der Waals surface area contributed by atoms with Crippen molar-refractivity contribution >= 4 is 27.0 Å². The Labute approximate surface area is 192 Å². The Morgan fingerprint density at radius 3 is 2.70 bits per heavy atom. The highest BCUT2D eigenvalue weighted by atomic mass is 32.2. The number of hydrogen-bond acceptors (Lipinski definition) is 5. The third-order valence-electron chi connectivity index (χ3n) is 6.85. The maximum Gasteiger partial charge on any atom is 0.419 e. The molecule has 8 nitrogen and oxygen atoms in total. The van der Waals surface area contributed by atoms with Gasteiger partial charge in [-0.1, -0.05) is 24.3 Å². The molecular formula is C24H27N3O5S. The molecule has 0 spiro atoms. The van der Waals surface area contributed by atoms with Crippen LogP contribution in [0.2, 0.25) is 0 Å². The van der Waals surface area contributed by atoms with Gasteiger partial charge in [-0.25, -0.2) is 13.2 Å². The smallest absolute Gasteiger partial charge is 0.408 e. The third kappa shape index (κ3) is 3.89. The standard InChI is InChI=1S/C24H27N3O5S/c1-25(20-10-8-17-6-2-3-7-19(17)20)23(28)12-15-27-21-11-9-18(16-22(21)32-24(27)29)33(30,31)26-13-4-5-14-26/h2-3,6-7,9,11,16,20H,4-5,8,10,12-15H2,1H3. The van der Waals surface area contributed by atoms with Crippen LogP contribution < -0.4 is 5.76 Å². The lowest BCUT2D eigenvalue weighted by Gasteiger charge is -2.25. The van der Waals surface area contributed by atoms with Crippen LogP contribution in [-0.2, 0) is 27.8 Å². The van der Waals surface area contributed by atoms with Crippen LogP contribution in [0.3, 0.4) is 0 Å². The lowest BCUT2D eigenvalue weighted by Crippen LogP contribution is -2.31. The number of sulfonamides is 1. The van der Waals surface area contributed by atoms with E-state index in [-0.39, 0.29) is 35.4 Å². The number of rotatable bonds is 6. The van der Waals surface area contributed by atoms with Crippen molar-refractivity contribution in [1.29, 1.82) is 0 Å². The molecule has 9 heteroatoms. The molecule has 1 aromatic heterocycles. The second-order valence-electron chi connectivity index (χ2n) is 8.77. The van der Waals surface area contributed by atoms with Crippen molar-refractivity contribution in [2.75, 3.05) is 20.1 Å². The largest absolute Gasteiger partial charge is 0.419 e. The summed E-state index contributed by atoms with van der Waals surface area (Å²) in [7, 11) is -1.80. The molecule has 2 heterocycles. The summed E-state index contributed by atoms with van der Waals surface area (Å²) < 4.78 is 33.8. The number of aryl methyl sites for hydroxylation is 2. The summed E-state index contributed by atoms with van der Waals surface area (Å²) in [6.45, 7) is 1.18. The Morgan fingerprint density at radius 2 is 1.91 bits per heavy atom. The van der Waals surface area contributed by atoms with Crippen LogP contribution in [0.1, 0.15) is 42.9 Å². The number of carbonyl (C=O) groups excluding carboxylic acids is 1. The first kappa shape index (κ1) is 21.9. The highest BCUT2D eigenvalue weighted by Gasteiger charge is 2.29. The first-order chi connectivity index (χ1) is 15.9. The van der Waals surface area contributed by atoms with Crippen molar-refractivity contribution in [3.05, 3.63) is 64.1 Å². The minimum atomic E-state index is -3.60. The number of benzene rings is 2. The summed E-state index contributed by atoms with van der Waals surface area (Å²) >= 11 is 0. The van der Waals surface area contributed by atoms with E-state index >= 15 is 0 Å². The van der Waals surface area contributed by atoms with Gasteiger partial charge in [-0.3, -0.25) is 9.36 Å². The van der Waals surface area contributed by atoms with Crippen LogP contribution in [0.15, 0.2) is 56.6 Å². The van der Waals surface area contributed by atoms with Crippen molar-refractivity contribution < 1.29 is 17.6 Å². The van der Waals surface area contributed by atoms with E-state index in [1.165, 1.54) is 32.1 Å². The molecule has 1 atom stereocenters. The Balaban J connectivity index is 1.33. The monoisotopic (exact) mass is 469 g/mol. The van der Waals surface area contributed by atoms with E-state index in [9.17, 15) is 18.0 Å². The van der Waals surface area contributed by atoms with Gasteiger partial charge < -0.3 is 9.32 Å². The van der Waals surface area contributed by atoms with E-state index in [1.54, 1.807) is 18.0 Å². The molecule has 1 aliphatic carbocycles. The fourth-order valence-electron chi connectivity index (χ4n) is 4.99. The van der Waals surface area contributed by atoms with Gasteiger partial charge >= 0.3 is 5.76 Å². The van der Waals surface area contributed by atoms with Crippen molar-refractivity contribution in [3.63, 3.8) is 0 Å². The summed E-state index contributed by atoms with van der Waals surface area (Å²) in [5, 5.41) is 0. The number of fused-ring (bicyclic) bond motifs is 2. The Bertz CT molecular complexity index is 1370. The molecule has 1 amide bonds. The second kappa shape index (κ2) is 8.46. The Kier molecular flexibility index (Phi) is 5.62. The maximum absolute atomic E-state index is 12.9. The second-order valence-corrected chi connectivity index (χ2v) is 10.7. The summed E-state index contributed by atoms with van der Waals surface area (Å²) in [5.74, 6) is -0.645. The van der Waals surface area contributed by atoms with Crippen LogP contribution in [-0.4, -0.2) is 48.2 Å². The predicted octanol–water partition coefficient (Wildman–Crippen LogP) is 2.92. The molecule has 1 unspecified atom stereocenters. The molecule has 0 saturated carbocycles. The van der Waals surface area contributed by atoms with E-state index in [0.29, 0.717) is 18.6 Å². The van der Waals surface area contributed by atoms with Crippen LogP contribution in [0, 0.1) is 0 Å². The zero-order chi connectivity index (χ0) is 23.2. The molecule has 33 heavy (non-hydrogen) atoms. The van der Waals surface area contributed by atoms with Gasteiger partial charge in [-0.2, -0.15) is 4.31 Å². The lowest BCUT2D eigenvalue weighted by molar-refractivity contribution is -0.132. The fourth-order valence-corrected chi connectivity index (χ4v) is 6.52. The number of carbonyl (C=O) groups is 1. The van der Waals surface area contributed by atoms with Gasteiger partial charge in [0.1, 0.15) is 0 Å². The van der Waals surface area contributed by atoms with Gasteiger partial charge in [-0.05, 0) is 48.9 Å². The van der Waals surface area contributed by atoms with Crippen molar-refractivity contribution in [2.24, 2.45) is 0 Å². The fraction of sp³-hybridized carbons (Fsp3) is 0.417. The highest BCUT2D eigenvalue weighted by molar-refractivity contribution is 7.89. The van der Waals surface area contributed by atoms with Crippen molar-refractivity contribution in [2.45, 2.75) is 49.6 Å². The SMILES string of the molecule is CN(C(=O)CCn1c(=O)oc2cc(S(=O)(=O)N3CCCC3)ccc21)C1CCc2ccccc21. The molecule has 174 valence electrons. The number of oxazole rings is 1. The molecular weight excluding hydrogens is 442 g/mol. The first-order valence-corrected chi connectivity index (χ1v) is 12.8. The molecule has 1 fully saturated rings. The summed E-state index contributed by atoms with van der Waals surface area (Å²) in [6, 6.07) is 12.7. The molecule has 0 N–H and O–H groups in total.